The highest BCUT2D eigenvalue weighted by atomic mass is 16.2. The maximum Gasteiger partial charge on any atom is 0.255 e. The van der Waals surface area contributed by atoms with Crippen LogP contribution >= 0.6 is 0 Å². The van der Waals surface area contributed by atoms with Crippen LogP contribution in [0.15, 0.2) is 42.7 Å². The van der Waals surface area contributed by atoms with Crippen LogP contribution in [0.3, 0.4) is 0 Å². The molecule has 1 aromatic carbocycles. The first-order valence-electron chi connectivity index (χ1n) is 8.93. The van der Waals surface area contributed by atoms with Crippen LogP contribution in [0.4, 0.5) is 5.69 Å². The summed E-state index contributed by atoms with van der Waals surface area (Å²) in [6.07, 6.45) is 4.50. The molecule has 1 aliphatic heterocycles. The van der Waals surface area contributed by atoms with Gasteiger partial charge in [0, 0.05) is 71.0 Å². The van der Waals surface area contributed by atoms with Crippen LogP contribution in [0.1, 0.15) is 27.1 Å². The van der Waals surface area contributed by atoms with Crippen molar-refractivity contribution in [1.29, 1.82) is 0 Å². The van der Waals surface area contributed by atoms with E-state index in [0.29, 0.717) is 37.3 Å². The molecule has 1 aliphatic rings. The normalized spacial score (nSPS) is 14.9. The summed E-state index contributed by atoms with van der Waals surface area (Å²) < 4.78 is 1.87. The number of carbonyl (C=O) groups excluding carboxylic acids is 2. The molecule has 6 nitrogen and oxygen atoms in total. The van der Waals surface area contributed by atoms with E-state index in [0.717, 1.165) is 12.1 Å². The molecule has 0 aliphatic carbocycles. The molecule has 3 rings (SSSR count). The first-order valence-corrected chi connectivity index (χ1v) is 8.93. The van der Waals surface area contributed by atoms with Crippen LogP contribution in [0, 0.1) is 0 Å². The number of hydrogen-bond donors (Lipinski definition) is 0. The topological polar surface area (TPSA) is 48.8 Å². The Morgan fingerprint density at radius 3 is 2.15 bits per heavy atom. The number of aromatic nitrogens is 1. The molecule has 138 valence electrons. The van der Waals surface area contributed by atoms with Crippen molar-refractivity contribution in [2.24, 2.45) is 7.05 Å². The fourth-order valence-corrected chi connectivity index (χ4v) is 3.24. The lowest BCUT2D eigenvalue weighted by Crippen LogP contribution is -2.37. The Balaban J connectivity index is 1.67. The molecule has 2 aromatic rings. The van der Waals surface area contributed by atoms with Crippen molar-refractivity contribution in [3.63, 3.8) is 0 Å². The van der Waals surface area contributed by atoms with Crippen LogP contribution in [0.5, 0.6) is 0 Å². The molecule has 1 saturated heterocycles. The molecule has 0 saturated carbocycles. The van der Waals surface area contributed by atoms with E-state index in [9.17, 15) is 9.59 Å². The zero-order valence-corrected chi connectivity index (χ0v) is 15.7. The van der Waals surface area contributed by atoms with Gasteiger partial charge in [-0.05, 0) is 30.7 Å². The Kier molecular flexibility index (Phi) is 5.30. The molecule has 0 spiro atoms. The number of benzene rings is 1. The Labute approximate surface area is 154 Å². The number of nitrogens with zero attached hydrogens (tertiary/aromatic N) is 4. The van der Waals surface area contributed by atoms with Gasteiger partial charge >= 0.3 is 0 Å². The smallest absolute Gasteiger partial charge is 0.255 e. The Bertz CT molecular complexity index is 797. The molecule has 0 N–H and O–H groups in total. The number of rotatable bonds is 3. The van der Waals surface area contributed by atoms with Crippen LogP contribution in [0.2, 0.25) is 0 Å². The van der Waals surface area contributed by atoms with E-state index >= 15 is 0 Å². The zero-order chi connectivity index (χ0) is 18.7. The van der Waals surface area contributed by atoms with E-state index < -0.39 is 0 Å². The van der Waals surface area contributed by atoms with Crippen LogP contribution < -0.4 is 4.90 Å². The predicted octanol–water partition coefficient (Wildman–Crippen LogP) is 2.08. The van der Waals surface area contributed by atoms with Crippen molar-refractivity contribution in [1.82, 2.24) is 14.4 Å². The summed E-state index contributed by atoms with van der Waals surface area (Å²) in [5.74, 6) is 0.0669. The van der Waals surface area contributed by atoms with Crippen molar-refractivity contribution >= 4 is 17.5 Å². The van der Waals surface area contributed by atoms with Gasteiger partial charge in [0.1, 0.15) is 0 Å². The van der Waals surface area contributed by atoms with Crippen molar-refractivity contribution < 1.29 is 9.59 Å². The predicted molar refractivity (Wildman–Crippen MR) is 103 cm³/mol. The number of aryl methyl sites for hydroxylation is 1. The van der Waals surface area contributed by atoms with Gasteiger partial charge in [0.2, 0.25) is 0 Å². The van der Waals surface area contributed by atoms with E-state index in [-0.39, 0.29) is 11.8 Å². The van der Waals surface area contributed by atoms with Gasteiger partial charge in [0.05, 0.1) is 5.56 Å². The summed E-state index contributed by atoms with van der Waals surface area (Å²) >= 11 is 0. The number of amides is 2. The molecule has 0 atom stereocenters. The standard InChI is InChI=1S/C20H26N4O2/c1-21(2)18-7-4-6-16(14-18)19(25)23-9-5-10-24(13-12-23)20(26)17-8-11-22(3)15-17/h4,6-8,11,14-15H,5,9-10,12-13H2,1-3H3. The minimum absolute atomic E-state index is 0.0303. The molecule has 2 heterocycles. The molecule has 2 amide bonds. The lowest BCUT2D eigenvalue weighted by atomic mass is 10.1. The summed E-state index contributed by atoms with van der Waals surface area (Å²) in [5, 5.41) is 0. The van der Waals surface area contributed by atoms with E-state index in [1.807, 2.05) is 83.1 Å². The number of anilines is 1. The van der Waals surface area contributed by atoms with Gasteiger partial charge < -0.3 is 19.3 Å². The zero-order valence-electron chi connectivity index (χ0n) is 15.7. The highest BCUT2D eigenvalue weighted by Gasteiger charge is 2.24. The maximum atomic E-state index is 12.9. The van der Waals surface area contributed by atoms with E-state index in [4.69, 9.17) is 0 Å². The molecule has 1 fully saturated rings. The summed E-state index contributed by atoms with van der Waals surface area (Å²) in [5.41, 5.74) is 2.40. The third-order valence-corrected chi connectivity index (χ3v) is 4.76. The van der Waals surface area contributed by atoms with Crippen LogP contribution in [-0.2, 0) is 7.05 Å². The number of carbonyl (C=O) groups is 2. The van der Waals surface area contributed by atoms with Gasteiger partial charge in [-0.15, -0.1) is 0 Å². The van der Waals surface area contributed by atoms with Gasteiger partial charge in [0.15, 0.2) is 0 Å². The summed E-state index contributed by atoms with van der Waals surface area (Å²) in [6.45, 7) is 2.47. The summed E-state index contributed by atoms with van der Waals surface area (Å²) in [7, 11) is 5.83. The van der Waals surface area contributed by atoms with Gasteiger partial charge in [-0.25, -0.2) is 0 Å². The second kappa shape index (κ2) is 7.64. The molecule has 0 radical (unpaired) electrons. The van der Waals surface area contributed by atoms with E-state index in [1.165, 1.54) is 0 Å². The monoisotopic (exact) mass is 354 g/mol. The summed E-state index contributed by atoms with van der Waals surface area (Å²) in [6, 6.07) is 9.50. The van der Waals surface area contributed by atoms with Gasteiger partial charge in [0.25, 0.3) is 11.8 Å². The molecule has 1 aromatic heterocycles. The quantitative estimate of drug-likeness (QED) is 0.848. The lowest BCUT2D eigenvalue weighted by Gasteiger charge is -2.22. The minimum Gasteiger partial charge on any atom is -0.378 e. The highest BCUT2D eigenvalue weighted by Crippen LogP contribution is 2.17. The largest absolute Gasteiger partial charge is 0.378 e. The van der Waals surface area contributed by atoms with Crippen molar-refractivity contribution in [2.45, 2.75) is 6.42 Å². The molecule has 0 unspecified atom stereocenters. The van der Waals surface area contributed by atoms with Gasteiger partial charge in [-0.1, -0.05) is 6.07 Å². The van der Waals surface area contributed by atoms with Crippen molar-refractivity contribution in [3.8, 4) is 0 Å². The van der Waals surface area contributed by atoms with Gasteiger partial charge in [-0.2, -0.15) is 0 Å². The molecule has 0 bridgehead atoms. The second-order valence-electron chi connectivity index (χ2n) is 6.95. The van der Waals surface area contributed by atoms with Crippen molar-refractivity contribution in [3.05, 3.63) is 53.9 Å². The minimum atomic E-state index is 0.0303. The average molecular weight is 354 g/mol. The third-order valence-electron chi connectivity index (χ3n) is 4.76. The molecule has 6 heteroatoms. The maximum absolute atomic E-state index is 12.9. The fraction of sp³-hybridized carbons (Fsp3) is 0.400. The first kappa shape index (κ1) is 18.0. The lowest BCUT2D eigenvalue weighted by molar-refractivity contribution is 0.0719. The van der Waals surface area contributed by atoms with Gasteiger partial charge in [-0.3, -0.25) is 9.59 Å². The second-order valence-corrected chi connectivity index (χ2v) is 6.95. The molecule has 26 heavy (non-hydrogen) atoms. The van der Waals surface area contributed by atoms with E-state index in [2.05, 4.69) is 0 Å². The Hall–Kier alpha value is -2.76. The van der Waals surface area contributed by atoms with Crippen LogP contribution in [-0.4, -0.2) is 66.5 Å². The fourth-order valence-electron chi connectivity index (χ4n) is 3.24. The van der Waals surface area contributed by atoms with E-state index in [1.54, 1.807) is 0 Å². The van der Waals surface area contributed by atoms with Crippen molar-refractivity contribution in [2.75, 3.05) is 45.2 Å². The average Bonchev–Trinajstić information content (AvgIpc) is 2.92. The Morgan fingerprint density at radius 1 is 0.923 bits per heavy atom. The Morgan fingerprint density at radius 2 is 1.58 bits per heavy atom. The third kappa shape index (κ3) is 3.90. The number of hydrogen-bond acceptors (Lipinski definition) is 3. The first-order chi connectivity index (χ1) is 12.5. The SMILES string of the molecule is CN(C)c1cccc(C(=O)N2CCCN(C(=O)c3ccn(C)c3)CC2)c1. The molecular formula is C20H26N4O2. The van der Waals surface area contributed by atoms with Crippen LogP contribution in [0.25, 0.3) is 0 Å². The summed E-state index contributed by atoms with van der Waals surface area (Å²) in [4.78, 5) is 31.2. The molecular weight excluding hydrogens is 328 g/mol. The highest BCUT2D eigenvalue weighted by molar-refractivity contribution is 5.96.